The fourth-order valence-corrected chi connectivity index (χ4v) is 3.05. The van der Waals surface area contributed by atoms with Crippen molar-refractivity contribution < 1.29 is 4.74 Å². The molecule has 1 aromatic rings. The molecule has 1 aliphatic carbocycles. The van der Waals surface area contributed by atoms with Gasteiger partial charge in [-0.2, -0.15) is 0 Å². The summed E-state index contributed by atoms with van der Waals surface area (Å²) in [5.41, 5.74) is 7.78. The normalized spacial score (nSPS) is 23.1. The van der Waals surface area contributed by atoms with E-state index in [9.17, 15) is 0 Å². The van der Waals surface area contributed by atoms with Gasteiger partial charge in [-0.15, -0.1) is 0 Å². The van der Waals surface area contributed by atoms with Crippen molar-refractivity contribution in [3.05, 3.63) is 29.3 Å². The summed E-state index contributed by atoms with van der Waals surface area (Å²) in [6.07, 6.45) is 6.45. The van der Waals surface area contributed by atoms with Crippen molar-refractivity contribution in [2.75, 3.05) is 0 Å². The van der Waals surface area contributed by atoms with E-state index in [4.69, 9.17) is 22.7 Å². The largest absolute Gasteiger partial charge is 0.489 e. The zero-order valence-corrected chi connectivity index (χ0v) is 12.6. The summed E-state index contributed by atoms with van der Waals surface area (Å²) in [6.45, 7) is 4.32. The third-order valence-corrected chi connectivity index (χ3v) is 4.29. The van der Waals surface area contributed by atoms with E-state index < -0.39 is 0 Å². The van der Waals surface area contributed by atoms with Crippen LogP contribution >= 0.6 is 12.2 Å². The van der Waals surface area contributed by atoms with Crippen molar-refractivity contribution >= 4 is 17.2 Å². The molecule has 1 fully saturated rings. The molecule has 2 N–H and O–H groups in total. The highest BCUT2D eigenvalue weighted by molar-refractivity contribution is 7.80. The Kier molecular flexibility index (Phi) is 4.81. The lowest BCUT2D eigenvalue weighted by Crippen LogP contribution is -2.26. The molecule has 1 aliphatic rings. The molecule has 104 valence electrons. The Bertz CT molecular complexity index is 458. The van der Waals surface area contributed by atoms with Gasteiger partial charge in [0.05, 0.1) is 11.7 Å². The van der Waals surface area contributed by atoms with Crippen LogP contribution in [0, 0.1) is 12.8 Å². The van der Waals surface area contributed by atoms with Gasteiger partial charge in [-0.05, 0) is 43.7 Å². The van der Waals surface area contributed by atoms with E-state index in [-0.39, 0.29) is 0 Å². The average molecular weight is 277 g/mol. The van der Waals surface area contributed by atoms with Gasteiger partial charge in [0.1, 0.15) is 10.7 Å². The van der Waals surface area contributed by atoms with E-state index in [0.717, 1.165) is 35.6 Å². The van der Waals surface area contributed by atoms with E-state index in [1.165, 1.54) is 19.3 Å². The van der Waals surface area contributed by atoms with Crippen molar-refractivity contribution in [1.29, 1.82) is 0 Å². The van der Waals surface area contributed by atoms with Crippen LogP contribution in [-0.4, -0.2) is 11.1 Å². The molecule has 0 amide bonds. The van der Waals surface area contributed by atoms with Gasteiger partial charge >= 0.3 is 0 Å². The zero-order valence-electron chi connectivity index (χ0n) is 11.8. The lowest BCUT2D eigenvalue weighted by molar-refractivity contribution is 0.121. The summed E-state index contributed by atoms with van der Waals surface area (Å²) < 4.78 is 6.24. The summed E-state index contributed by atoms with van der Waals surface area (Å²) in [5.74, 6) is 1.69. The molecule has 0 saturated heterocycles. The first-order valence-electron chi connectivity index (χ1n) is 7.17. The van der Waals surface area contributed by atoms with Crippen LogP contribution in [-0.2, 0) is 0 Å². The van der Waals surface area contributed by atoms with Crippen LogP contribution in [0.3, 0.4) is 0 Å². The zero-order chi connectivity index (χ0) is 13.8. The third kappa shape index (κ3) is 3.47. The molecule has 0 spiro atoms. The Labute approximate surface area is 121 Å². The molecule has 2 rings (SSSR count). The number of thiocarbonyl (C=S) groups is 1. The smallest absolute Gasteiger partial charge is 0.132 e. The number of benzene rings is 1. The second-order valence-electron chi connectivity index (χ2n) is 5.50. The second kappa shape index (κ2) is 6.38. The molecule has 3 heteroatoms. The van der Waals surface area contributed by atoms with Gasteiger partial charge in [-0.25, -0.2) is 0 Å². The SMILES string of the molecule is CCC1CCCC(Oc2c(C)cccc2C(N)=S)C1. The molecule has 0 radical (unpaired) electrons. The second-order valence-corrected chi connectivity index (χ2v) is 5.94. The first kappa shape index (κ1) is 14.3. The van der Waals surface area contributed by atoms with E-state index in [0.29, 0.717) is 11.1 Å². The number of rotatable bonds is 4. The van der Waals surface area contributed by atoms with Crippen LogP contribution in [0.5, 0.6) is 5.75 Å². The molecule has 0 bridgehead atoms. The number of nitrogens with two attached hydrogens (primary N) is 1. The van der Waals surface area contributed by atoms with Gasteiger partial charge in [0.25, 0.3) is 0 Å². The first-order valence-corrected chi connectivity index (χ1v) is 7.58. The van der Waals surface area contributed by atoms with Gasteiger partial charge in [0.15, 0.2) is 0 Å². The summed E-state index contributed by atoms with van der Waals surface area (Å²) in [6, 6.07) is 5.98. The summed E-state index contributed by atoms with van der Waals surface area (Å²) in [5, 5.41) is 0. The van der Waals surface area contributed by atoms with E-state index in [1.807, 2.05) is 12.1 Å². The molecule has 1 aromatic carbocycles. The van der Waals surface area contributed by atoms with Crippen LogP contribution in [0.1, 0.15) is 50.2 Å². The van der Waals surface area contributed by atoms with Gasteiger partial charge in [0.2, 0.25) is 0 Å². The van der Waals surface area contributed by atoms with Crippen LogP contribution in [0.2, 0.25) is 0 Å². The Morgan fingerprint density at radius 2 is 2.21 bits per heavy atom. The third-order valence-electron chi connectivity index (χ3n) is 4.07. The summed E-state index contributed by atoms with van der Waals surface area (Å²) in [7, 11) is 0. The van der Waals surface area contributed by atoms with Crippen LogP contribution in [0.4, 0.5) is 0 Å². The number of hydrogen-bond acceptors (Lipinski definition) is 2. The molecule has 2 nitrogen and oxygen atoms in total. The average Bonchev–Trinajstić information content (AvgIpc) is 2.41. The van der Waals surface area contributed by atoms with Crippen molar-refractivity contribution in [3.8, 4) is 5.75 Å². The maximum Gasteiger partial charge on any atom is 0.132 e. The van der Waals surface area contributed by atoms with Crippen LogP contribution < -0.4 is 10.5 Å². The first-order chi connectivity index (χ1) is 9.11. The molecule has 2 unspecified atom stereocenters. The molecule has 0 aliphatic heterocycles. The number of hydrogen-bond donors (Lipinski definition) is 1. The lowest BCUT2D eigenvalue weighted by Gasteiger charge is -2.30. The van der Waals surface area contributed by atoms with Gasteiger partial charge in [-0.1, -0.05) is 44.1 Å². The molecular weight excluding hydrogens is 254 g/mol. The number of ether oxygens (including phenoxy) is 1. The van der Waals surface area contributed by atoms with E-state index in [1.54, 1.807) is 0 Å². The number of aryl methyl sites for hydroxylation is 1. The van der Waals surface area contributed by atoms with Gasteiger partial charge in [0, 0.05) is 0 Å². The van der Waals surface area contributed by atoms with Crippen LogP contribution in [0.15, 0.2) is 18.2 Å². The molecular formula is C16H23NOS. The lowest BCUT2D eigenvalue weighted by atomic mass is 9.85. The molecule has 0 heterocycles. The quantitative estimate of drug-likeness (QED) is 0.846. The summed E-state index contributed by atoms with van der Waals surface area (Å²) in [4.78, 5) is 0.418. The fraction of sp³-hybridized carbons (Fsp3) is 0.562. The predicted octanol–water partition coefficient (Wildman–Crippen LogP) is 3.98. The van der Waals surface area contributed by atoms with Gasteiger partial charge in [-0.3, -0.25) is 0 Å². The highest BCUT2D eigenvalue weighted by atomic mass is 32.1. The maximum atomic E-state index is 6.24. The van der Waals surface area contributed by atoms with Crippen molar-refractivity contribution in [3.63, 3.8) is 0 Å². The molecule has 1 saturated carbocycles. The van der Waals surface area contributed by atoms with E-state index >= 15 is 0 Å². The fourth-order valence-electron chi connectivity index (χ4n) is 2.89. The van der Waals surface area contributed by atoms with Gasteiger partial charge < -0.3 is 10.5 Å². The summed E-state index contributed by atoms with van der Waals surface area (Å²) >= 11 is 5.12. The highest BCUT2D eigenvalue weighted by Crippen LogP contribution is 2.32. The molecule has 19 heavy (non-hydrogen) atoms. The number of para-hydroxylation sites is 1. The molecule has 0 aromatic heterocycles. The van der Waals surface area contributed by atoms with Crippen molar-refractivity contribution in [1.82, 2.24) is 0 Å². The standard InChI is InChI=1S/C16H23NOS/c1-3-12-7-5-8-13(10-12)18-15-11(2)6-4-9-14(15)16(17)19/h4,6,9,12-13H,3,5,7-8,10H2,1-2H3,(H2,17,19). The van der Waals surface area contributed by atoms with Crippen molar-refractivity contribution in [2.45, 2.75) is 52.1 Å². The van der Waals surface area contributed by atoms with Crippen LogP contribution in [0.25, 0.3) is 0 Å². The van der Waals surface area contributed by atoms with Crippen molar-refractivity contribution in [2.24, 2.45) is 11.7 Å². The Morgan fingerprint density at radius 1 is 1.42 bits per heavy atom. The minimum atomic E-state index is 0.313. The Morgan fingerprint density at radius 3 is 2.89 bits per heavy atom. The monoisotopic (exact) mass is 277 g/mol. The molecule has 2 atom stereocenters. The maximum absolute atomic E-state index is 6.24. The predicted molar refractivity (Wildman–Crippen MR) is 83.7 cm³/mol. The minimum Gasteiger partial charge on any atom is -0.489 e. The van der Waals surface area contributed by atoms with E-state index in [2.05, 4.69) is 19.9 Å². The highest BCUT2D eigenvalue weighted by Gasteiger charge is 2.23. The Balaban J connectivity index is 2.16. The topological polar surface area (TPSA) is 35.2 Å². The minimum absolute atomic E-state index is 0.313. The Hall–Kier alpha value is -1.09.